The standard InChI is InChI=1S/C14H21BrN2O/c1-4-5-6-16-14(18)11(3)17-13-8-10(2)7-12(15)9-13/h7-9,11,17H,4-6H2,1-3H3,(H,16,18). The van der Waals surface area contributed by atoms with Gasteiger partial charge in [-0.2, -0.15) is 0 Å². The van der Waals surface area contributed by atoms with Crippen LogP contribution >= 0.6 is 15.9 Å². The molecule has 1 aromatic rings. The largest absolute Gasteiger partial charge is 0.374 e. The van der Waals surface area contributed by atoms with Crippen LogP contribution in [0.25, 0.3) is 0 Å². The summed E-state index contributed by atoms with van der Waals surface area (Å²) < 4.78 is 1.02. The van der Waals surface area contributed by atoms with Crippen molar-refractivity contribution in [3.05, 3.63) is 28.2 Å². The van der Waals surface area contributed by atoms with E-state index >= 15 is 0 Å². The number of rotatable bonds is 6. The van der Waals surface area contributed by atoms with Crippen LogP contribution in [0.3, 0.4) is 0 Å². The van der Waals surface area contributed by atoms with E-state index in [-0.39, 0.29) is 11.9 Å². The van der Waals surface area contributed by atoms with Crippen molar-refractivity contribution in [1.82, 2.24) is 5.32 Å². The van der Waals surface area contributed by atoms with Crippen molar-refractivity contribution in [3.8, 4) is 0 Å². The Labute approximate surface area is 117 Å². The number of aryl methyl sites for hydroxylation is 1. The molecule has 0 fully saturated rings. The summed E-state index contributed by atoms with van der Waals surface area (Å²) in [6.07, 6.45) is 2.11. The van der Waals surface area contributed by atoms with Crippen molar-refractivity contribution in [3.63, 3.8) is 0 Å². The Morgan fingerprint density at radius 1 is 1.39 bits per heavy atom. The van der Waals surface area contributed by atoms with E-state index in [1.807, 2.05) is 32.0 Å². The van der Waals surface area contributed by atoms with E-state index in [0.717, 1.165) is 35.1 Å². The smallest absolute Gasteiger partial charge is 0.242 e. The molecule has 18 heavy (non-hydrogen) atoms. The van der Waals surface area contributed by atoms with Crippen LogP contribution in [0.4, 0.5) is 5.69 Å². The molecule has 0 saturated carbocycles. The van der Waals surface area contributed by atoms with Crippen molar-refractivity contribution in [1.29, 1.82) is 0 Å². The second kappa shape index (κ2) is 7.41. The molecule has 0 heterocycles. The predicted molar refractivity (Wildman–Crippen MR) is 79.9 cm³/mol. The van der Waals surface area contributed by atoms with Crippen molar-refractivity contribution in [2.45, 2.75) is 39.7 Å². The fourth-order valence-corrected chi connectivity index (χ4v) is 2.28. The fraction of sp³-hybridized carbons (Fsp3) is 0.500. The first-order chi connectivity index (χ1) is 8.52. The lowest BCUT2D eigenvalue weighted by molar-refractivity contribution is -0.121. The molecule has 4 heteroatoms. The number of anilines is 1. The highest BCUT2D eigenvalue weighted by atomic mass is 79.9. The third-order valence-electron chi connectivity index (χ3n) is 2.65. The Bertz CT molecular complexity index is 387. The van der Waals surface area contributed by atoms with E-state index < -0.39 is 0 Å². The maximum Gasteiger partial charge on any atom is 0.242 e. The van der Waals surface area contributed by atoms with Gasteiger partial charge < -0.3 is 10.6 Å². The SMILES string of the molecule is CCCCNC(=O)C(C)Nc1cc(C)cc(Br)c1. The van der Waals surface area contributed by atoms with E-state index in [9.17, 15) is 4.79 Å². The van der Waals surface area contributed by atoms with Gasteiger partial charge in [0.15, 0.2) is 0 Å². The van der Waals surface area contributed by atoms with Crippen LogP contribution in [-0.2, 0) is 4.79 Å². The van der Waals surface area contributed by atoms with Crippen molar-refractivity contribution in [2.75, 3.05) is 11.9 Å². The molecular formula is C14H21BrN2O. The molecule has 1 rings (SSSR count). The van der Waals surface area contributed by atoms with E-state index in [1.54, 1.807) is 0 Å². The van der Waals surface area contributed by atoms with Crippen LogP contribution in [0.5, 0.6) is 0 Å². The Hall–Kier alpha value is -1.03. The van der Waals surface area contributed by atoms with Gasteiger partial charge in [-0.25, -0.2) is 0 Å². The van der Waals surface area contributed by atoms with Gasteiger partial charge in [0.05, 0.1) is 0 Å². The van der Waals surface area contributed by atoms with Crippen molar-refractivity contribution < 1.29 is 4.79 Å². The molecule has 0 aliphatic heterocycles. The highest BCUT2D eigenvalue weighted by molar-refractivity contribution is 9.10. The molecule has 1 unspecified atom stereocenters. The van der Waals surface area contributed by atoms with Gasteiger partial charge in [-0.05, 0) is 44.0 Å². The second-order valence-electron chi connectivity index (χ2n) is 4.53. The van der Waals surface area contributed by atoms with Gasteiger partial charge in [0.25, 0.3) is 0 Å². The van der Waals surface area contributed by atoms with Crippen LogP contribution in [0.15, 0.2) is 22.7 Å². The zero-order chi connectivity index (χ0) is 13.5. The number of carbonyl (C=O) groups excluding carboxylic acids is 1. The zero-order valence-electron chi connectivity index (χ0n) is 11.2. The molecule has 0 spiro atoms. The summed E-state index contributed by atoms with van der Waals surface area (Å²) in [5, 5.41) is 6.13. The zero-order valence-corrected chi connectivity index (χ0v) is 12.8. The lowest BCUT2D eigenvalue weighted by atomic mass is 10.2. The number of benzene rings is 1. The van der Waals surface area contributed by atoms with Gasteiger partial charge >= 0.3 is 0 Å². The molecular weight excluding hydrogens is 292 g/mol. The maximum absolute atomic E-state index is 11.8. The van der Waals surface area contributed by atoms with E-state index in [4.69, 9.17) is 0 Å². The van der Waals surface area contributed by atoms with Crippen LogP contribution in [0.2, 0.25) is 0 Å². The fourth-order valence-electron chi connectivity index (χ4n) is 1.68. The quantitative estimate of drug-likeness (QED) is 0.790. The van der Waals surface area contributed by atoms with Crippen LogP contribution < -0.4 is 10.6 Å². The highest BCUT2D eigenvalue weighted by Crippen LogP contribution is 2.19. The van der Waals surface area contributed by atoms with Crippen molar-refractivity contribution in [2.24, 2.45) is 0 Å². The topological polar surface area (TPSA) is 41.1 Å². The number of carbonyl (C=O) groups is 1. The summed E-state index contributed by atoms with van der Waals surface area (Å²) in [5.41, 5.74) is 2.12. The predicted octanol–water partition coefficient (Wildman–Crippen LogP) is 3.47. The molecule has 1 atom stereocenters. The molecule has 0 aliphatic rings. The second-order valence-corrected chi connectivity index (χ2v) is 5.44. The van der Waals surface area contributed by atoms with Gasteiger partial charge in [-0.3, -0.25) is 4.79 Å². The van der Waals surface area contributed by atoms with Gasteiger partial charge in [0, 0.05) is 16.7 Å². The number of amides is 1. The monoisotopic (exact) mass is 312 g/mol. The van der Waals surface area contributed by atoms with Crippen LogP contribution in [0, 0.1) is 6.92 Å². The van der Waals surface area contributed by atoms with E-state index in [0.29, 0.717) is 0 Å². The van der Waals surface area contributed by atoms with Crippen LogP contribution in [-0.4, -0.2) is 18.5 Å². The minimum Gasteiger partial charge on any atom is -0.374 e. The summed E-state index contributed by atoms with van der Waals surface area (Å²) in [5.74, 6) is 0.0427. The number of nitrogens with one attached hydrogen (secondary N) is 2. The molecule has 0 radical (unpaired) electrons. The molecule has 1 amide bonds. The lowest BCUT2D eigenvalue weighted by Crippen LogP contribution is -2.38. The van der Waals surface area contributed by atoms with Crippen molar-refractivity contribution >= 4 is 27.5 Å². The summed E-state index contributed by atoms with van der Waals surface area (Å²) in [6.45, 7) is 6.76. The lowest BCUT2D eigenvalue weighted by Gasteiger charge is -2.16. The molecule has 3 nitrogen and oxygen atoms in total. The molecule has 0 aliphatic carbocycles. The number of hydrogen-bond donors (Lipinski definition) is 2. The molecule has 0 aromatic heterocycles. The highest BCUT2D eigenvalue weighted by Gasteiger charge is 2.11. The first-order valence-corrected chi connectivity index (χ1v) is 7.13. The Kier molecular flexibility index (Phi) is 6.19. The third kappa shape index (κ3) is 5.08. The summed E-state index contributed by atoms with van der Waals surface area (Å²) in [6, 6.07) is 5.82. The molecule has 2 N–H and O–H groups in total. The van der Waals surface area contributed by atoms with E-state index in [2.05, 4.69) is 33.5 Å². The van der Waals surface area contributed by atoms with Gasteiger partial charge in [0.2, 0.25) is 5.91 Å². The minimum absolute atomic E-state index is 0.0427. The molecule has 100 valence electrons. The summed E-state index contributed by atoms with van der Waals surface area (Å²) >= 11 is 3.45. The molecule has 1 aromatic carbocycles. The van der Waals surface area contributed by atoms with Gasteiger partial charge in [0.1, 0.15) is 6.04 Å². The van der Waals surface area contributed by atoms with E-state index in [1.165, 1.54) is 0 Å². The third-order valence-corrected chi connectivity index (χ3v) is 3.11. The first-order valence-electron chi connectivity index (χ1n) is 6.34. The van der Waals surface area contributed by atoms with Gasteiger partial charge in [-0.1, -0.05) is 29.3 Å². The first kappa shape index (κ1) is 15.0. The minimum atomic E-state index is -0.226. The molecule has 0 bridgehead atoms. The Morgan fingerprint density at radius 2 is 2.11 bits per heavy atom. The summed E-state index contributed by atoms with van der Waals surface area (Å²) in [4.78, 5) is 11.8. The maximum atomic E-state index is 11.8. The normalized spacial score (nSPS) is 12.0. The summed E-state index contributed by atoms with van der Waals surface area (Å²) in [7, 11) is 0. The number of hydrogen-bond acceptors (Lipinski definition) is 2. The Balaban J connectivity index is 2.52. The number of unbranched alkanes of at least 4 members (excludes halogenated alkanes) is 1. The average Bonchev–Trinajstić information content (AvgIpc) is 2.27. The Morgan fingerprint density at radius 3 is 2.72 bits per heavy atom. The van der Waals surface area contributed by atoms with Crippen LogP contribution in [0.1, 0.15) is 32.3 Å². The average molecular weight is 313 g/mol. The van der Waals surface area contributed by atoms with Gasteiger partial charge in [-0.15, -0.1) is 0 Å². The molecule has 0 saturated heterocycles. The number of halogens is 1.